The monoisotopic (exact) mass is 292 g/mol. The molecule has 0 saturated carbocycles. The normalized spacial score (nSPS) is 10.5. The molecule has 0 bridgehead atoms. The minimum Gasteiger partial charge on any atom is -0.268 e. The Balaban J connectivity index is 2.42. The van der Waals surface area contributed by atoms with Gasteiger partial charge in [0.15, 0.2) is 0 Å². The van der Waals surface area contributed by atoms with Crippen molar-refractivity contribution in [3.05, 3.63) is 51.2 Å². The molecular weight excluding hydrogens is 280 g/mol. The second kappa shape index (κ2) is 5.27. The van der Waals surface area contributed by atoms with Crippen LogP contribution in [0.2, 0.25) is 0 Å². The summed E-state index contributed by atoms with van der Waals surface area (Å²) in [5.41, 5.74) is 1.79. The lowest BCUT2D eigenvalue weighted by Gasteiger charge is -2.05. The van der Waals surface area contributed by atoms with Crippen LogP contribution >= 0.6 is 15.9 Å². The molecule has 1 aromatic carbocycles. The largest absolute Gasteiger partial charge is 0.268 e. The van der Waals surface area contributed by atoms with Gasteiger partial charge in [-0.3, -0.25) is 4.79 Å². The zero-order chi connectivity index (χ0) is 12.3. The lowest BCUT2D eigenvalue weighted by Crippen LogP contribution is -2.21. The van der Waals surface area contributed by atoms with Gasteiger partial charge in [0.25, 0.3) is 5.56 Å². The van der Waals surface area contributed by atoms with Crippen molar-refractivity contribution < 1.29 is 0 Å². The van der Waals surface area contributed by atoms with Crippen LogP contribution in [0, 0.1) is 0 Å². The Morgan fingerprint density at radius 1 is 1.18 bits per heavy atom. The molecule has 0 atom stereocenters. The van der Waals surface area contributed by atoms with Crippen LogP contribution in [0.1, 0.15) is 13.3 Å². The number of halogens is 1. The molecule has 1 heterocycles. The molecule has 0 radical (unpaired) electrons. The minimum atomic E-state index is -0.0484. The quantitative estimate of drug-likeness (QED) is 0.871. The lowest BCUT2D eigenvalue weighted by molar-refractivity contribution is 0.570. The Morgan fingerprint density at radius 3 is 2.53 bits per heavy atom. The van der Waals surface area contributed by atoms with E-state index in [4.69, 9.17) is 0 Å². The summed E-state index contributed by atoms with van der Waals surface area (Å²) in [7, 11) is 0. The van der Waals surface area contributed by atoms with Crippen LogP contribution in [-0.4, -0.2) is 9.78 Å². The number of rotatable bonds is 3. The summed E-state index contributed by atoms with van der Waals surface area (Å²) < 4.78 is 2.54. The Labute approximate surface area is 108 Å². The highest BCUT2D eigenvalue weighted by atomic mass is 79.9. The average Bonchev–Trinajstić information content (AvgIpc) is 2.33. The lowest BCUT2D eigenvalue weighted by atomic mass is 10.1. The Bertz CT molecular complexity index is 560. The fraction of sp³-hybridized carbons (Fsp3) is 0.231. The van der Waals surface area contributed by atoms with Gasteiger partial charge in [0.05, 0.1) is 5.69 Å². The molecule has 2 rings (SSSR count). The van der Waals surface area contributed by atoms with Gasteiger partial charge in [0.2, 0.25) is 0 Å². The number of aromatic nitrogens is 2. The predicted octanol–water partition coefficient (Wildman–Crippen LogP) is 3.08. The molecule has 0 amide bonds. The van der Waals surface area contributed by atoms with E-state index in [-0.39, 0.29) is 5.56 Å². The third-order valence-corrected chi connectivity index (χ3v) is 2.97. The van der Waals surface area contributed by atoms with E-state index in [0.717, 1.165) is 22.2 Å². The maximum absolute atomic E-state index is 11.5. The van der Waals surface area contributed by atoms with E-state index >= 15 is 0 Å². The molecule has 1 aromatic heterocycles. The van der Waals surface area contributed by atoms with E-state index in [1.54, 1.807) is 12.1 Å². The molecule has 0 fully saturated rings. The summed E-state index contributed by atoms with van der Waals surface area (Å²) in [4.78, 5) is 11.5. The highest BCUT2D eigenvalue weighted by Crippen LogP contribution is 2.18. The molecule has 17 heavy (non-hydrogen) atoms. The molecular formula is C13H13BrN2O. The molecule has 3 nitrogen and oxygen atoms in total. The molecule has 2 aromatic rings. The summed E-state index contributed by atoms with van der Waals surface area (Å²) in [6.45, 7) is 2.68. The Kier molecular flexibility index (Phi) is 3.74. The molecule has 0 aliphatic rings. The third kappa shape index (κ3) is 2.82. The second-order valence-corrected chi connectivity index (χ2v) is 4.70. The van der Waals surface area contributed by atoms with Crippen LogP contribution in [0.4, 0.5) is 0 Å². The van der Waals surface area contributed by atoms with Crippen molar-refractivity contribution >= 4 is 15.9 Å². The molecule has 88 valence electrons. The number of aryl methyl sites for hydroxylation is 1. The van der Waals surface area contributed by atoms with Crippen LogP contribution < -0.4 is 5.56 Å². The van der Waals surface area contributed by atoms with Crippen LogP contribution in [0.3, 0.4) is 0 Å². The molecule has 0 N–H and O–H groups in total. The molecule has 0 saturated heterocycles. The van der Waals surface area contributed by atoms with Gasteiger partial charge in [-0.1, -0.05) is 35.0 Å². The summed E-state index contributed by atoms with van der Waals surface area (Å²) in [6.07, 6.45) is 0.900. The van der Waals surface area contributed by atoms with Gasteiger partial charge in [0, 0.05) is 22.6 Å². The standard InChI is InChI=1S/C13H13BrN2O/c1-2-9-16-13(17)8-7-12(15-16)10-3-5-11(14)6-4-10/h3-8H,2,9H2,1H3. The summed E-state index contributed by atoms with van der Waals surface area (Å²) >= 11 is 3.39. The van der Waals surface area contributed by atoms with Gasteiger partial charge in [0.1, 0.15) is 0 Å². The smallest absolute Gasteiger partial charge is 0.266 e. The summed E-state index contributed by atoms with van der Waals surface area (Å²) in [5.74, 6) is 0. The fourth-order valence-electron chi connectivity index (χ4n) is 1.60. The van der Waals surface area contributed by atoms with E-state index in [1.165, 1.54) is 4.68 Å². The predicted molar refractivity (Wildman–Crippen MR) is 71.9 cm³/mol. The zero-order valence-corrected chi connectivity index (χ0v) is 11.1. The van der Waals surface area contributed by atoms with Crippen LogP contribution in [-0.2, 0) is 6.54 Å². The van der Waals surface area contributed by atoms with E-state index in [0.29, 0.717) is 6.54 Å². The highest BCUT2D eigenvalue weighted by Gasteiger charge is 2.02. The highest BCUT2D eigenvalue weighted by molar-refractivity contribution is 9.10. The van der Waals surface area contributed by atoms with Crippen LogP contribution in [0.25, 0.3) is 11.3 Å². The summed E-state index contributed by atoms with van der Waals surface area (Å²) in [6, 6.07) is 11.2. The van der Waals surface area contributed by atoms with Crippen molar-refractivity contribution in [3.8, 4) is 11.3 Å². The van der Waals surface area contributed by atoms with Crippen LogP contribution in [0.15, 0.2) is 45.7 Å². The second-order valence-electron chi connectivity index (χ2n) is 3.79. The van der Waals surface area contributed by atoms with E-state index in [1.807, 2.05) is 31.2 Å². The van der Waals surface area contributed by atoms with E-state index in [2.05, 4.69) is 21.0 Å². The summed E-state index contributed by atoms with van der Waals surface area (Å²) in [5, 5.41) is 4.35. The molecule has 0 aliphatic carbocycles. The maximum atomic E-state index is 11.5. The molecule has 4 heteroatoms. The number of benzene rings is 1. The van der Waals surface area contributed by atoms with Crippen molar-refractivity contribution in [2.24, 2.45) is 0 Å². The van der Waals surface area contributed by atoms with Gasteiger partial charge >= 0.3 is 0 Å². The van der Waals surface area contributed by atoms with E-state index in [9.17, 15) is 4.79 Å². The topological polar surface area (TPSA) is 34.9 Å². The first-order valence-electron chi connectivity index (χ1n) is 5.55. The van der Waals surface area contributed by atoms with Gasteiger partial charge in [-0.25, -0.2) is 4.68 Å². The van der Waals surface area contributed by atoms with Gasteiger partial charge < -0.3 is 0 Å². The first-order valence-corrected chi connectivity index (χ1v) is 6.34. The fourth-order valence-corrected chi connectivity index (χ4v) is 1.86. The van der Waals surface area contributed by atoms with Crippen molar-refractivity contribution in [1.29, 1.82) is 0 Å². The molecule has 0 unspecified atom stereocenters. The van der Waals surface area contributed by atoms with Crippen LogP contribution in [0.5, 0.6) is 0 Å². The van der Waals surface area contributed by atoms with Crippen molar-refractivity contribution in [2.45, 2.75) is 19.9 Å². The average molecular weight is 293 g/mol. The Hall–Kier alpha value is -1.42. The maximum Gasteiger partial charge on any atom is 0.266 e. The number of hydrogen-bond acceptors (Lipinski definition) is 2. The van der Waals surface area contributed by atoms with Gasteiger partial charge in [-0.15, -0.1) is 0 Å². The van der Waals surface area contributed by atoms with Crippen molar-refractivity contribution in [2.75, 3.05) is 0 Å². The molecule has 0 spiro atoms. The Morgan fingerprint density at radius 2 is 1.88 bits per heavy atom. The van der Waals surface area contributed by atoms with Crippen molar-refractivity contribution in [1.82, 2.24) is 9.78 Å². The molecule has 0 aliphatic heterocycles. The van der Waals surface area contributed by atoms with Gasteiger partial charge in [-0.2, -0.15) is 5.10 Å². The zero-order valence-electron chi connectivity index (χ0n) is 9.56. The van der Waals surface area contributed by atoms with E-state index < -0.39 is 0 Å². The first-order chi connectivity index (χ1) is 8.20. The van der Waals surface area contributed by atoms with Crippen molar-refractivity contribution in [3.63, 3.8) is 0 Å². The minimum absolute atomic E-state index is 0.0484. The number of nitrogens with zero attached hydrogens (tertiary/aromatic N) is 2. The third-order valence-electron chi connectivity index (χ3n) is 2.44. The van der Waals surface area contributed by atoms with Gasteiger partial charge in [-0.05, 0) is 24.6 Å². The SMILES string of the molecule is CCCn1nc(-c2ccc(Br)cc2)ccc1=O. The first kappa shape index (κ1) is 12.0. The number of hydrogen-bond donors (Lipinski definition) is 0.